The second-order valence-corrected chi connectivity index (χ2v) is 11.3. The first-order chi connectivity index (χ1) is 16.7. The number of Topliss-reactive ketones (excluding diaryl/α,β-unsaturated/α-hetero) is 1. The fourth-order valence-corrected chi connectivity index (χ4v) is 6.08. The highest BCUT2D eigenvalue weighted by Crippen LogP contribution is 2.42. The van der Waals surface area contributed by atoms with Crippen LogP contribution in [-0.4, -0.2) is 43.7 Å². The van der Waals surface area contributed by atoms with Crippen molar-refractivity contribution in [1.29, 1.82) is 0 Å². The van der Waals surface area contributed by atoms with Gasteiger partial charge in [-0.05, 0) is 72.8 Å². The van der Waals surface area contributed by atoms with Crippen molar-refractivity contribution in [3.63, 3.8) is 0 Å². The Morgan fingerprint density at radius 1 is 1.26 bits per heavy atom. The zero-order valence-electron chi connectivity index (χ0n) is 21.1. The summed E-state index contributed by atoms with van der Waals surface area (Å²) < 4.78 is 11.3. The molecule has 1 amide bonds. The Morgan fingerprint density at radius 3 is 2.71 bits per heavy atom. The molecule has 3 rings (SSSR count). The van der Waals surface area contributed by atoms with Crippen LogP contribution in [0, 0.1) is 5.41 Å². The van der Waals surface area contributed by atoms with Gasteiger partial charge in [0.05, 0.1) is 23.6 Å². The Bertz CT molecular complexity index is 1060. The molecular formula is C27H36ClNO5S. The Morgan fingerprint density at radius 2 is 2.03 bits per heavy atom. The number of rotatable bonds is 12. The van der Waals surface area contributed by atoms with Gasteiger partial charge < -0.3 is 19.9 Å². The van der Waals surface area contributed by atoms with Crippen molar-refractivity contribution in [2.24, 2.45) is 5.41 Å². The highest BCUT2D eigenvalue weighted by atomic mass is 35.5. The third kappa shape index (κ3) is 6.99. The number of fused-ring (bicyclic) bond motifs is 1. The number of amides is 1. The third-order valence-electron chi connectivity index (χ3n) is 6.44. The molecule has 6 nitrogen and oxygen atoms in total. The lowest BCUT2D eigenvalue weighted by molar-refractivity contribution is -0.123. The van der Waals surface area contributed by atoms with Gasteiger partial charge in [0, 0.05) is 17.8 Å². The number of nitrogens with one attached hydrogen (secondary N) is 1. The third-order valence-corrected chi connectivity index (χ3v) is 8.19. The molecule has 1 aromatic heterocycles. The quantitative estimate of drug-likeness (QED) is 0.297. The molecule has 8 heteroatoms. The van der Waals surface area contributed by atoms with E-state index in [1.54, 1.807) is 18.4 Å². The summed E-state index contributed by atoms with van der Waals surface area (Å²) in [6, 6.07) is 3.69. The van der Waals surface area contributed by atoms with E-state index in [1.807, 2.05) is 12.1 Å². The predicted octanol–water partition coefficient (Wildman–Crippen LogP) is 5.18. The summed E-state index contributed by atoms with van der Waals surface area (Å²) in [6.07, 6.45) is 5.67. The Kier molecular flexibility index (Phi) is 9.62. The van der Waals surface area contributed by atoms with Crippen molar-refractivity contribution in [2.75, 3.05) is 26.9 Å². The molecule has 2 N–H and O–H groups in total. The largest absolute Gasteiger partial charge is 0.493 e. The summed E-state index contributed by atoms with van der Waals surface area (Å²) in [6.45, 7) is 6.99. The maximum atomic E-state index is 13.2. The molecule has 1 heterocycles. The van der Waals surface area contributed by atoms with Crippen molar-refractivity contribution >= 4 is 34.6 Å². The van der Waals surface area contributed by atoms with E-state index in [2.05, 4.69) is 26.1 Å². The van der Waals surface area contributed by atoms with Gasteiger partial charge in [0.2, 0.25) is 5.91 Å². The van der Waals surface area contributed by atoms with Crippen LogP contribution < -0.4 is 14.8 Å². The number of aliphatic hydroxyl groups excluding tert-OH is 1. The van der Waals surface area contributed by atoms with Crippen LogP contribution >= 0.6 is 22.9 Å². The van der Waals surface area contributed by atoms with Crippen molar-refractivity contribution < 1.29 is 24.2 Å². The minimum atomic E-state index is -0.530. The summed E-state index contributed by atoms with van der Waals surface area (Å²) in [7, 11) is 1.56. The van der Waals surface area contributed by atoms with E-state index in [0.717, 1.165) is 36.1 Å². The van der Waals surface area contributed by atoms with Crippen LogP contribution in [0.1, 0.15) is 71.3 Å². The number of carbonyl (C=O) groups is 2. The number of carbonyl (C=O) groups excluding carboxylic acids is 2. The van der Waals surface area contributed by atoms with Gasteiger partial charge in [0.25, 0.3) is 0 Å². The molecule has 1 aliphatic carbocycles. The molecule has 0 saturated heterocycles. The summed E-state index contributed by atoms with van der Waals surface area (Å²) in [4.78, 5) is 26.6. The Hall–Kier alpha value is -2.09. The predicted molar refractivity (Wildman–Crippen MR) is 140 cm³/mol. The molecular weight excluding hydrogens is 486 g/mol. The molecule has 0 aliphatic heterocycles. The number of aryl methyl sites for hydroxylation is 2. The summed E-state index contributed by atoms with van der Waals surface area (Å²) >= 11 is 8.17. The molecule has 0 atom stereocenters. The molecule has 1 aliphatic rings. The number of aliphatic hydroxyl groups is 1. The van der Waals surface area contributed by atoms with Gasteiger partial charge in [0.1, 0.15) is 6.61 Å². The second-order valence-electron chi connectivity index (χ2n) is 9.75. The van der Waals surface area contributed by atoms with Gasteiger partial charge in [-0.1, -0.05) is 32.4 Å². The molecule has 0 unspecified atom stereocenters. The number of hydrogen-bond donors (Lipinski definition) is 2. The van der Waals surface area contributed by atoms with Crippen LogP contribution in [0.4, 0.5) is 0 Å². The van der Waals surface area contributed by atoms with Crippen LogP contribution in [0.15, 0.2) is 12.1 Å². The highest BCUT2D eigenvalue weighted by molar-refractivity contribution is 7.14. The highest BCUT2D eigenvalue weighted by Gasteiger charge is 2.31. The minimum Gasteiger partial charge on any atom is -0.493 e. The molecule has 0 fully saturated rings. The molecule has 0 radical (unpaired) electrons. The standard InChI is InChI=1S/C27H36ClNO5S/c1-5-23-19-15-27(2,3)10-9-18(19)26(35-23)21(31)8-7-17-13-20(28)25(22(14-17)33-4)34-12-6-11-29-24(32)16-30/h13-14,30H,5-12,15-16H2,1-4H3,(H,29,32). The van der Waals surface area contributed by atoms with Crippen LogP contribution in [0.3, 0.4) is 0 Å². The van der Waals surface area contributed by atoms with E-state index in [0.29, 0.717) is 54.4 Å². The SMILES string of the molecule is CCc1sc(C(=O)CCc2cc(Cl)c(OCCCNC(=O)CO)c(OC)c2)c2c1CC(C)(C)CC2. The average Bonchev–Trinajstić information content (AvgIpc) is 3.19. The van der Waals surface area contributed by atoms with Gasteiger partial charge >= 0.3 is 0 Å². The number of ketones is 1. The summed E-state index contributed by atoms with van der Waals surface area (Å²) in [5.74, 6) is 0.743. The first kappa shape index (κ1) is 27.5. The van der Waals surface area contributed by atoms with Gasteiger partial charge in [-0.2, -0.15) is 0 Å². The minimum absolute atomic E-state index is 0.200. The number of thiophene rings is 1. The number of methoxy groups -OCH3 is 1. The molecule has 1 aromatic carbocycles. The van der Waals surface area contributed by atoms with Crippen molar-refractivity contribution in [3.05, 3.63) is 43.6 Å². The van der Waals surface area contributed by atoms with Crippen LogP contribution in [0.5, 0.6) is 11.5 Å². The van der Waals surface area contributed by atoms with E-state index in [4.69, 9.17) is 26.2 Å². The van der Waals surface area contributed by atoms with Crippen molar-refractivity contribution in [2.45, 2.75) is 65.7 Å². The maximum absolute atomic E-state index is 13.2. The fourth-order valence-electron chi connectivity index (χ4n) is 4.52. The first-order valence-corrected chi connectivity index (χ1v) is 13.4. The monoisotopic (exact) mass is 521 g/mol. The van der Waals surface area contributed by atoms with Gasteiger partial charge in [-0.25, -0.2) is 0 Å². The Labute approximate surface area is 217 Å². The average molecular weight is 522 g/mol. The topological polar surface area (TPSA) is 84.9 Å². The van der Waals surface area contributed by atoms with E-state index in [9.17, 15) is 9.59 Å². The number of hydrogen-bond acceptors (Lipinski definition) is 6. The van der Waals surface area contributed by atoms with Gasteiger partial charge in [-0.15, -0.1) is 11.3 Å². The van der Waals surface area contributed by atoms with E-state index in [-0.39, 0.29) is 5.78 Å². The lowest BCUT2D eigenvalue weighted by atomic mass is 9.74. The number of ether oxygens (including phenoxy) is 2. The van der Waals surface area contributed by atoms with Gasteiger partial charge in [0.15, 0.2) is 17.3 Å². The van der Waals surface area contributed by atoms with E-state index >= 15 is 0 Å². The van der Waals surface area contributed by atoms with E-state index < -0.39 is 12.5 Å². The lowest BCUT2D eigenvalue weighted by Gasteiger charge is -2.30. The normalized spacial score (nSPS) is 14.3. The lowest BCUT2D eigenvalue weighted by Crippen LogP contribution is -2.28. The smallest absolute Gasteiger partial charge is 0.245 e. The fraction of sp³-hybridized carbons (Fsp3) is 0.556. The summed E-state index contributed by atoms with van der Waals surface area (Å²) in [5, 5.41) is 11.7. The van der Waals surface area contributed by atoms with Crippen molar-refractivity contribution in [3.8, 4) is 11.5 Å². The molecule has 0 saturated carbocycles. The molecule has 192 valence electrons. The molecule has 0 bridgehead atoms. The van der Waals surface area contributed by atoms with Crippen LogP contribution in [0.25, 0.3) is 0 Å². The maximum Gasteiger partial charge on any atom is 0.245 e. The van der Waals surface area contributed by atoms with Crippen molar-refractivity contribution in [1.82, 2.24) is 5.32 Å². The van der Waals surface area contributed by atoms with Crippen LogP contribution in [-0.2, 0) is 30.5 Å². The van der Waals surface area contributed by atoms with Gasteiger partial charge in [-0.3, -0.25) is 9.59 Å². The van der Waals surface area contributed by atoms with Crippen LogP contribution in [0.2, 0.25) is 5.02 Å². The number of halogens is 1. The molecule has 2 aromatic rings. The summed E-state index contributed by atoms with van der Waals surface area (Å²) in [5.41, 5.74) is 3.91. The zero-order valence-corrected chi connectivity index (χ0v) is 22.7. The number of benzene rings is 1. The molecule has 0 spiro atoms. The second kappa shape index (κ2) is 12.2. The van der Waals surface area contributed by atoms with E-state index in [1.165, 1.54) is 16.0 Å². The first-order valence-electron chi connectivity index (χ1n) is 12.2. The molecule has 35 heavy (non-hydrogen) atoms. The zero-order chi connectivity index (χ0) is 25.6. The Balaban J connectivity index is 1.64.